The SMILES string of the molecule is CC(C)(C)c1ccc(-c2ccccc2N2c3cc4c(cc3B3c5ccccc5Sc5c3c2cc2oc3ccccc3c52)B2c3ccccc3Sc3c2c(cc2oc5ccccc5c32)N4c2c(-c3ccc(C(C)(C)C)cc3)cccc2-c2ccc(C(C)(C)C)cc2)cc1. The van der Waals surface area contributed by atoms with Gasteiger partial charge in [0.2, 0.25) is 13.4 Å². The van der Waals surface area contributed by atoms with Crippen molar-refractivity contribution in [3.8, 4) is 33.4 Å². The lowest BCUT2D eigenvalue weighted by atomic mass is 9.31. The lowest BCUT2D eigenvalue weighted by molar-refractivity contribution is 0.590. The second-order valence-corrected chi connectivity index (χ2v) is 30.8. The first kappa shape index (κ1) is 55.5. The minimum Gasteiger partial charge on any atom is -0.456 e. The predicted molar refractivity (Wildman–Crippen MR) is 393 cm³/mol. The predicted octanol–water partition coefficient (Wildman–Crippen LogP) is 19.9. The summed E-state index contributed by atoms with van der Waals surface area (Å²) in [6, 6.07) is 89.9. The molecule has 0 bridgehead atoms. The Labute approximate surface area is 547 Å². The van der Waals surface area contributed by atoms with Crippen LogP contribution in [0.25, 0.3) is 77.3 Å². The van der Waals surface area contributed by atoms with E-state index in [1.165, 1.54) is 79.8 Å². The number of fused-ring (bicyclic) bond motifs is 16. The third-order valence-corrected chi connectivity index (χ3v) is 22.5. The lowest BCUT2D eigenvalue weighted by Crippen LogP contribution is -2.64. The van der Waals surface area contributed by atoms with Crippen LogP contribution in [0.2, 0.25) is 0 Å². The molecule has 0 amide bonds. The zero-order chi connectivity index (χ0) is 62.3. The fourth-order valence-electron chi connectivity index (χ4n) is 15.5. The van der Waals surface area contributed by atoms with Crippen LogP contribution in [-0.4, -0.2) is 13.4 Å². The van der Waals surface area contributed by atoms with Gasteiger partial charge >= 0.3 is 0 Å². The molecule has 92 heavy (non-hydrogen) atoms. The highest BCUT2D eigenvalue weighted by atomic mass is 32.2. The molecule has 0 N–H and O–H groups in total. The molecule has 0 aliphatic carbocycles. The van der Waals surface area contributed by atoms with E-state index in [1.54, 1.807) is 0 Å². The first-order chi connectivity index (χ1) is 44.5. The number of furan rings is 2. The molecule has 0 spiro atoms. The molecule has 0 saturated carbocycles. The van der Waals surface area contributed by atoms with E-state index in [0.717, 1.165) is 101 Å². The van der Waals surface area contributed by atoms with E-state index < -0.39 is 0 Å². The zero-order valence-corrected chi connectivity index (χ0v) is 54.8. The molecule has 0 unspecified atom stereocenters. The fourth-order valence-corrected chi connectivity index (χ4v) is 18.1. The number of benzene rings is 12. The third-order valence-electron chi connectivity index (χ3n) is 20.1. The van der Waals surface area contributed by atoms with Gasteiger partial charge in [0, 0.05) is 92.7 Å². The first-order valence-electron chi connectivity index (χ1n) is 32.4. The summed E-state index contributed by atoms with van der Waals surface area (Å²) < 4.78 is 14.2. The second kappa shape index (κ2) is 20.1. The van der Waals surface area contributed by atoms with Gasteiger partial charge in [-0.3, -0.25) is 0 Å². The minimum absolute atomic E-state index is 0.00378. The summed E-state index contributed by atoms with van der Waals surface area (Å²) in [5, 5.41) is 4.61. The lowest BCUT2D eigenvalue weighted by Gasteiger charge is -2.45. The smallest absolute Gasteiger partial charge is 0.249 e. The molecule has 8 heteroatoms. The van der Waals surface area contributed by atoms with Gasteiger partial charge in [0.25, 0.3) is 0 Å². The average Bonchev–Trinajstić information content (AvgIpc) is 1.01. The normalized spacial score (nSPS) is 14.0. The Morgan fingerprint density at radius 3 is 1.18 bits per heavy atom. The van der Waals surface area contributed by atoms with Gasteiger partial charge in [-0.05, 0) is 108 Å². The molecule has 0 saturated heterocycles. The molecule has 4 aliphatic heterocycles. The standard InChI is InChI=1S/C84H66B2N2O2S2/c1-82(2,3)52-39-33-49(34-40-52)55-21-10-15-28-64(55)87-65-46-66-63(45-62(65)85-60-26-13-18-31-73(60)91-80-75-58-22-11-16-29-69(58)89-71(75)47-67(87)77(80)85)86-61-27-14-19-32-74(61)92-81-76-59-23-12-17-30-70(59)90-72(76)48-68(78(81)86)88(66)79-56(50-35-41-53(42-36-50)83(4,5)6)24-20-25-57(79)51-37-43-54(44-38-51)84(7,8)9/h10-48H,1-9H3. The summed E-state index contributed by atoms with van der Waals surface area (Å²) in [7, 11) is 0. The van der Waals surface area contributed by atoms with Crippen LogP contribution in [0, 0.1) is 0 Å². The molecule has 6 heterocycles. The Bertz CT molecular complexity index is 5350. The van der Waals surface area contributed by atoms with Crippen LogP contribution in [0.4, 0.5) is 34.1 Å². The Morgan fingerprint density at radius 2 is 0.707 bits per heavy atom. The second-order valence-electron chi connectivity index (χ2n) is 28.7. The van der Waals surface area contributed by atoms with Crippen LogP contribution in [0.1, 0.15) is 79.0 Å². The highest BCUT2D eigenvalue weighted by molar-refractivity contribution is 8.00. The van der Waals surface area contributed by atoms with Gasteiger partial charge in [0.1, 0.15) is 22.3 Å². The molecule has 4 nitrogen and oxygen atoms in total. The van der Waals surface area contributed by atoms with Gasteiger partial charge in [-0.2, -0.15) is 0 Å². The van der Waals surface area contributed by atoms with Gasteiger partial charge in [0.15, 0.2) is 0 Å². The fraction of sp³-hybridized carbons (Fsp3) is 0.143. The molecule has 0 atom stereocenters. The highest BCUT2D eigenvalue weighted by Crippen LogP contribution is 2.55. The zero-order valence-electron chi connectivity index (χ0n) is 53.2. The summed E-state index contributed by atoms with van der Waals surface area (Å²) >= 11 is 3.80. The molecule has 2 aromatic heterocycles. The summed E-state index contributed by atoms with van der Waals surface area (Å²) in [5.41, 5.74) is 28.8. The van der Waals surface area contributed by atoms with Crippen LogP contribution in [-0.2, 0) is 16.2 Å². The van der Waals surface area contributed by atoms with Crippen molar-refractivity contribution in [2.45, 2.75) is 98.1 Å². The Balaban J connectivity index is 1.01. The van der Waals surface area contributed by atoms with Crippen LogP contribution in [0.5, 0.6) is 0 Å². The molecular weight excluding hydrogens is 1150 g/mol. The molecule has 12 aromatic carbocycles. The maximum absolute atomic E-state index is 7.16. The topological polar surface area (TPSA) is 32.8 Å². The molecule has 442 valence electrons. The van der Waals surface area contributed by atoms with Crippen molar-refractivity contribution < 1.29 is 8.83 Å². The number of hydrogen-bond acceptors (Lipinski definition) is 6. The molecule has 0 radical (unpaired) electrons. The van der Waals surface area contributed by atoms with Crippen molar-refractivity contribution in [3.63, 3.8) is 0 Å². The van der Waals surface area contributed by atoms with Crippen molar-refractivity contribution in [1.29, 1.82) is 0 Å². The van der Waals surface area contributed by atoms with E-state index in [-0.39, 0.29) is 29.7 Å². The molecular formula is C84H66B2N2O2S2. The Hall–Kier alpha value is -9.33. The quantitative estimate of drug-likeness (QED) is 0.160. The largest absolute Gasteiger partial charge is 0.456 e. The number of hydrogen-bond donors (Lipinski definition) is 0. The summed E-state index contributed by atoms with van der Waals surface area (Å²) in [6.45, 7) is 20.4. The van der Waals surface area contributed by atoms with Crippen molar-refractivity contribution in [1.82, 2.24) is 0 Å². The van der Waals surface area contributed by atoms with Gasteiger partial charge in [-0.25, -0.2) is 0 Å². The molecule has 4 aliphatic rings. The number of nitrogens with zero attached hydrogens (tertiary/aromatic N) is 2. The van der Waals surface area contributed by atoms with Crippen LogP contribution in [0.3, 0.4) is 0 Å². The Kier molecular flexibility index (Phi) is 12.1. The first-order valence-corrected chi connectivity index (χ1v) is 34.0. The number of anilines is 6. The van der Waals surface area contributed by atoms with Gasteiger partial charge in [-0.15, -0.1) is 0 Å². The van der Waals surface area contributed by atoms with E-state index in [4.69, 9.17) is 8.83 Å². The van der Waals surface area contributed by atoms with E-state index >= 15 is 0 Å². The van der Waals surface area contributed by atoms with Crippen molar-refractivity contribution in [2.24, 2.45) is 0 Å². The van der Waals surface area contributed by atoms with E-state index in [9.17, 15) is 0 Å². The third kappa shape index (κ3) is 8.35. The molecule has 0 fully saturated rings. The number of rotatable bonds is 5. The highest BCUT2D eigenvalue weighted by Gasteiger charge is 2.48. The maximum atomic E-state index is 7.16. The monoisotopic (exact) mass is 1220 g/mol. The number of para-hydroxylation sites is 4. The summed E-state index contributed by atoms with van der Waals surface area (Å²) in [4.78, 5) is 10.3. The van der Waals surface area contributed by atoms with Crippen LogP contribution in [0.15, 0.2) is 265 Å². The maximum Gasteiger partial charge on any atom is 0.249 e. The average molecular weight is 1220 g/mol. The van der Waals surface area contributed by atoms with Crippen molar-refractivity contribution >= 4 is 148 Å². The van der Waals surface area contributed by atoms with Gasteiger partial charge in [0.05, 0.1) is 11.4 Å². The van der Waals surface area contributed by atoms with Gasteiger partial charge in [-0.1, -0.05) is 285 Å². The van der Waals surface area contributed by atoms with Crippen molar-refractivity contribution in [3.05, 3.63) is 253 Å². The molecule has 14 aromatic rings. The van der Waals surface area contributed by atoms with E-state index in [1.807, 2.05) is 23.5 Å². The van der Waals surface area contributed by atoms with E-state index in [2.05, 4.69) is 309 Å². The Morgan fingerprint density at radius 1 is 0.315 bits per heavy atom. The summed E-state index contributed by atoms with van der Waals surface area (Å²) in [6.07, 6.45) is 0. The van der Waals surface area contributed by atoms with Crippen LogP contribution >= 0.6 is 23.5 Å². The summed E-state index contributed by atoms with van der Waals surface area (Å²) in [5.74, 6) is 0. The van der Waals surface area contributed by atoms with Crippen LogP contribution < -0.4 is 42.6 Å². The minimum atomic E-state index is -0.142. The molecule has 18 rings (SSSR count). The van der Waals surface area contributed by atoms with Crippen molar-refractivity contribution in [2.75, 3.05) is 9.80 Å². The van der Waals surface area contributed by atoms with Gasteiger partial charge < -0.3 is 18.6 Å². The van der Waals surface area contributed by atoms with E-state index in [0.29, 0.717) is 0 Å².